The number of carbonyl (C=O) groups excluding carboxylic acids is 3. The number of amides is 2. The van der Waals surface area contributed by atoms with Crippen LogP contribution in [0.1, 0.15) is 71.1 Å². The molecule has 7 nitrogen and oxygen atoms in total. The Morgan fingerprint density at radius 1 is 1.04 bits per heavy atom. The van der Waals surface area contributed by atoms with Crippen LogP contribution >= 0.6 is 0 Å². The Morgan fingerprint density at radius 2 is 1.68 bits per heavy atom. The number of hydrogen-bond acceptors (Lipinski definition) is 4. The van der Waals surface area contributed by atoms with Crippen LogP contribution in [0.15, 0.2) is 0 Å². The molecule has 7 heteroatoms. The summed E-state index contributed by atoms with van der Waals surface area (Å²) in [6, 6.07) is 0. The van der Waals surface area contributed by atoms with Crippen molar-refractivity contribution in [2.24, 2.45) is 5.92 Å². The second-order valence-electron chi connectivity index (χ2n) is 7.78. The molecule has 3 heterocycles. The second-order valence-corrected chi connectivity index (χ2v) is 7.78. The zero-order valence-corrected chi connectivity index (χ0v) is 17.2. The molecule has 1 aromatic heterocycles. The number of ether oxygens (including phenoxy) is 1. The number of methoxy groups -OCH3 is 1. The molecule has 2 fully saturated rings. The van der Waals surface area contributed by atoms with Crippen molar-refractivity contribution in [1.29, 1.82) is 0 Å². The minimum absolute atomic E-state index is 0.0173. The number of hydrogen-bond donors (Lipinski definition) is 1. The van der Waals surface area contributed by atoms with Crippen LogP contribution in [-0.4, -0.2) is 65.9 Å². The van der Waals surface area contributed by atoms with Crippen molar-refractivity contribution in [2.45, 2.75) is 52.4 Å². The van der Waals surface area contributed by atoms with Gasteiger partial charge in [-0.2, -0.15) is 0 Å². The number of nitrogens with one attached hydrogen (secondary N) is 1. The average Bonchev–Trinajstić information content (AvgIpc) is 3.09. The summed E-state index contributed by atoms with van der Waals surface area (Å²) in [5.41, 5.74) is 2.28. The zero-order valence-electron chi connectivity index (χ0n) is 17.2. The van der Waals surface area contributed by atoms with Gasteiger partial charge in [0, 0.05) is 37.8 Å². The first-order chi connectivity index (χ1) is 13.5. The van der Waals surface area contributed by atoms with Crippen LogP contribution < -0.4 is 0 Å². The lowest BCUT2D eigenvalue weighted by Gasteiger charge is -2.35. The molecule has 2 amide bonds. The van der Waals surface area contributed by atoms with Crippen molar-refractivity contribution in [3.05, 3.63) is 22.5 Å². The smallest absolute Gasteiger partial charge is 0.339 e. The molecule has 2 aliphatic heterocycles. The van der Waals surface area contributed by atoms with E-state index in [1.807, 2.05) is 11.8 Å². The van der Waals surface area contributed by atoms with E-state index in [2.05, 4.69) is 4.98 Å². The van der Waals surface area contributed by atoms with Gasteiger partial charge >= 0.3 is 5.97 Å². The number of carbonyl (C=O) groups is 3. The van der Waals surface area contributed by atoms with Gasteiger partial charge in [0.05, 0.1) is 12.7 Å². The number of likely N-dealkylation sites (tertiary alicyclic amines) is 2. The largest absolute Gasteiger partial charge is 0.465 e. The Labute approximate surface area is 166 Å². The van der Waals surface area contributed by atoms with E-state index >= 15 is 0 Å². The molecule has 1 N–H and O–H groups in total. The van der Waals surface area contributed by atoms with E-state index < -0.39 is 5.97 Å². The van der Waals surface area contributed by atoms with Crippen LogP contribution in [0.5, 0.6) is 0 Å². The predicted octanol–water partition coefficient (Wildman–Crippen LogP) is 2.54. The van der Waals surface area contributed by atoms with Gasteiger partial charge in [-0.15, -0.1) is 0 Å². The first-order valence-corrected chi connectivity index (χ1v) is 10.4. The van der Waals surface area contributed by atoms with Crippen molar-refractivity contribution in [3.63, 3.8) is 0 Å². The molecule has 2 saturated heterocycles. The first kappa shape index (κ1) is 20.4. The number of aromatic nitrogens is 1. The summed E-state index contributed by atoms with van der Waals surface area (Å²) in [6.07, 6.45) is 5.41. The van der Waals surface area contributed by atoms with Crippen LogP contribution in [0, 0.1) is 12.8 Å². The average molecular weight is 389 g/mol. The van der Waals surface area contributed by atoms with Gasteiger partial charge in [-0.05, 0) is 51.0 Å². The fourth-order valence-electron chi connectivity index (χ4n) is 4.38. The van der Waals surface area contributed by atoms with Gasteiger partial charge in [0.15, 0.2) is 0 Å². The molecule has 1 aromatic rings. The maximum absolute atomic E-state index is 13.0. The molecule has 2 aliphatic rings. The van der Waals surface area contributed by atoms with E-state index in [1.165, 1.54) is 13.5 Å². The molecular formula is C21H31N3O4. The number of nitrogens with zero attached hydrogens (tertiary/aromatic N) is 2. The maximum Gasteiger partial charge on any atom is 0.339 e. The van der Waals surface area contributed by atoms with Crippen molar-refractivity contribution < 1.29 is 19.1 Å². The summed E-state index contributed by atoms with van der Waals surface area (Å²) < 4.78 is 4.87. The van der Waals surface area contributed by atoms with Crippen LogP contribution in [-0.2, 0) is 16.0 Å². The Bertz CT molecular complexity index is 741. The summed E-state index contributed by atoms with van der Waals surface area (Å²) in [6.45, 7) is 6.59. The normalized spacial score (nSPS) is 18.2. The monoisotopic (exact) mass is 389 g/mol. The molecule has 0 saturated carbocycles. The maximum atomic E-state index is 13.0. The van der Waals surface area contributed by atoms with Crippen LogP contribution in [0.2, 0.25) is 0 Å². The SMILES string of the molecule is CCc1[nH]c(C(=O)N2CCC(C(=O)N3CCCCC3)CC2)c(C)c1C(=O)OC. The molecule has 0 atom stereocenters. The highest BCUT2D eigenvalue weighted by molar-refractivity contribution is 6.00. The highest BCUT2D eigenvalue weighted by Gasteiger charge is 2.33. The van der Waals surface area contributed by atoms with Gasteiger partial charge in [0.2, 0.25) is 5.91 Å². The van der Waals surface area contributed by atoms with E-state index in [0.717, 1.165) is 31.6 Å². The summed E-state index contributed by atoms with van der Waals surface area (Å²) in [4.78, 5) is 44.8. The predicted molar refractivity (Wildman–Crippen MR) is 105 cm³/mol. The molecule has 0 bridgehead atoms. The number of rotatable bonds is 4. The van der Waals surface area contributed by atoms with Gasteiger partial charge in [0.25, 0.3) is 5.91 Å². The molecular weight excluding hydrogens is 358 g/mol. The summed E-state index contributed by atoms with van der Waals surface area (Å²) >= 11 is 0. The highest BCUT2D eigenvalue weighted by atomic mass is 16.5. The molecule has 0 radical (unpaired) electrons. The lowest BCUT2D eigenvalue weighted by atomic mass is 9.94. The molecule has 0 unspecified atom stereocenters. The Balaban J connectivity index is 1.66. The van der Waals surface area contributed by atoms with E-state index in [9.17, 15) is 14.4 Å². The van der Waals surface area contributed by atoms with Gasteiger partial charge in [-0.25, -0.2) is 4.79 Å². The highest BCUT2D eigenvalue weighted by Crippen LogP contribution is 2.26. The minimum atomic E-state index is -0.421. The third kappa shape index (κ3) is 3.93. The van der Waals surface area contributed by atoms with Crippen LogP contribution in [0.4, 0.5) is 0 Å². The Kier molecular flexibility index (Phi) is 6.42. The van der Waals surface area contributed by atoms with E-state index in [4.69, 9.17) is 4.74 Å². The van der Waals surface area contributed by atoms with Crippen LogP contribution in [0.25, 0.3) is 0 Å². The molecule has 154 valence electrons. The standard InChI is InChI=1S/C21H31N3O4/c1-4-16-17(21(27)28-3)14(2)18(22-16)20(26)24-12-8-15(9-13-24)19(25)23-10-6-5-7-11-23/h15,22H,4-13H2,1-3H3. The molecule has 3 rings (SSSR count). The van der Waals surface area contributed by atoms with E-state index in [1.54, 1.807) is 11.8 Å². The number of esters is 1. The number of aryl methyl sites for hydroxylation is 1. The molecule has 0 spiro atoms. The lowest BCUT2D eigenvalue weighted by molar-refractivity contribution is -0.137. The van der Waals surface area contributed by atoms with Crippen molar-refractivity contribution >= 4 is 17.8 Å². The fraction of sp³-hybridized carbons (Fsp3) is 0.667. The number of aromatic amines is 1. The van der Waals surface area contributed by atoms with Gasteiger partial charge in [-0.3, -0.25) is 9.59 Å². The topological polar surface area (TPSA) is 82.7 Å². The quantitative estimate of drug-likeness (QED) is 0.802. The van der Waals surface area contributed by atoms with Crippen LogP contribution in [0.3, 0.4) is 0 Å². The van der Waals surface area contributed by atoms with E-state index in [-0.39, 0.29) is 17.7 Å². The number of piperidine rings is 2. The first-order valence-electron chi connectivity index (χ1n) is 10.4. The number of H-pyrrole nitrogens is 1. The Morgan fingerprint density at radius 3 is 2.25 bits per heavy atom. The van der Waals surface area contributed by atoms with Gasteiger partial charge in [0.1, 0.15) is 5.69 Å². The molecule has 28 heavy (non-hydrogen) atoms. The summed E-state index contributed by atoms with van der Waals surface area (Å²) in [5, 5.41) is 0. The van der Waals surface area contributed by atoms with Crippen molar-refractivity contribution in [3.8, 4) is 0 Å². The molecule has 0 aliphatic carbocycles. The zero-order chi connectivity index (χ0) is 20.3. The third-order valence-electron chi connectivity index (χ3n) is 6.08. The summed E-state index contributed by atoms with van der Waals surface area (Å²) in [5.74, 6) is -0.255. The van der Waals surface area contributed by atoms with Gasteiger partial charge in [-0.1, -0.05) is 6.92 Å². The Hall–Kier alpha value is -2.31. The summed E-state index contributed by atoms with van der Waals surface area (Å²) in [7, 11) is 1.35. The van der Waals surface area contributed by atoms with Gasteiger partial charge < -0.3 is 19.5 Å². The van der Waals surface area contributed by atoms with Crippen molar-refractivity contribution in [2.75, 3.05) is 33.3 Å². The fourth-order valence-corrected chi connectivity index (χ4v) is 4.38. The second kappa shape index (κ2) is 8.80. The van der Waals surface area contributed by atoms with E-state index in [0.29, 0.717) is 49.2 Å². The van der Waals surface area contributed by atoms with Crippen molar-refractivity contribution in [1.82, 2.24) is 14.8 Å². The molecule has 0 aromatic carbocycles. The third-order valence-corrected chi connectivity index (χ3v) is 6.08. The lowest BCUT2D eigenvalue weighted by Crippen LogP contribution is -2.45. The minimum Gasteiger partial charge on any atom is -0.465 e.